The summed E-state index contributed by atoms with van der Waals surface area (Å²) >= 11 is 3.40. The maximum Gasteiger partial charge on any atom is 0.233 e. The average Bonchev–Trinajstić information content (AvgIpc) is 3.20. The molecule has 1 aliphatic heterocycles. The van der Waals surface area contributed by atoms with E-state index in [0.29, 0.717) is 25.3 Å². The fourth-order valence-corrected chi connectivity index (χ4v) is 4.84. The molecule has 0 aliphatic carbocycles. The van der Waals surface area contributed by atoms with E-state index >= 15 is 0 Å². The topological polar surface area (TPSA) is 84.7 Å². The molecule has 4 rings (SSSR count). The molecule has 0 atom stereocenters. The normalized spacial score (nSPS) is 15.2. The van der Waals surface area contributed by atoms with Gasteiger partial charge in [0, 0.05) is 36.2 Å². The van der Waals surface area contributed by atoms with Crippen molar-refractivity contribution in [2.24, 2.45) is 0 Å². The molecule has 0 saturated carbocycles. The lowest BCUT2D eigenvalue weighted by Crippen LogP contribution is -2.39. The first-order valence-electron chi connectivity index (χ1n) is 10.1. The summed E-state index contributed by atoms with van der Waals surface area (Å²) in [7, 11) is -3.85. The van der Waals surface area contributed by atoms with Gasteiger partial charge in [0.2, 0.25) is 26.6 Å². The predicted octanol–water partition coefficient (Wildman–Crippen LogP) is 3.99. The van der Waals surface area contributed by atoms with Gasteiger partial charge in [0.05, 0.1) is 18.1 Å². The van der Waals surface area contributed by atoms with Gasteiger partial charge >= 0.3 is 0 Å². The summed E-state index contributed by atoms with van der Waals surface area (Å²) < 4.78 is 38.9. The molecule has 164 valence electrons. The minimum absolute atomic E-state index is 0.101. The zero-order chi connectivity index (χ0) is 21.8. The summed E-state index contributed by atoms with van der Waals surface area (Å²) in [4.78, 5) is 6.83. The van der Waals surface area contributed by atoms with E-state index in [1.807, 2.05) is 31.2 Å². The number of halogens is 1. The number of hydrogen-bond donors (Lipinski definition) is 1. The first-order chi connectivity index (χ1) is 14.9. The molecular weight excluding hydrogens is 482 g/mol. The minimum atomic E-state index is -3.85. The maximum atomic E-state index is 13.3. The molecule has 1 fully saturated rings. The van der Waals surface area contributed by atoms with Crippen LogP contribution in [0, 0.1) is 6.92 Å². The van der Waals surface area contributed by atoms with Crippen LogP contribution >= 0.6 is 15.9 Å². The van der Waals surface area contributed by atoms with Crippen molar-refractivity contribution in [3.63, 3.8) is 0 Å². The van der Waals surface area contributed by atoms with Crippen LogP contribution in [0.4, 0.5) is 5.88 Å². The molecule has 7 nitrogen and oxygen atoms in total. The van der Waals surface area contributed by atoms with Gasteiger partial charge in [0.25, 0.3) is 0 Å². The Balaban J connectivity index is 1.64. The third kappa shape index (κ3) is 5.17. The van der Waals surface area contributed by atoms with Crippen LogP contribution in [0.15, 0.2) is 67.3 Å². The summed E-state index contributed by atoms with van der Waals surface area (Å²) in [6, 6.07) is 14.1. The Morgan fingerprint density at radius 2 is 1.74 bits per heavy atom. The number of morpholine rings is 1. The summed E-state index contributed by atoms with van der Waals surface area (Å²) in [6.45, 7) is 6.34. The van der Waals surface area contributed by atoms with E-state index in [-0.39, 0.29) is 21.7 Å². The van der Waals surface area contributed by atoms with Crippen molar-refractivity contribution >= 4 is 31.7 Å². The van der Waals surface area contributed by atoms with Gasteiger partial charge in [0.1, 0.15) is 0 Å². The van der Waals surface area contributed by atoms with Gasteiger partial charge in [-0.1, -0.05) is 33.6 Å². The Kier molecular flexibility index (Phi) is 6.76. The van der Waals surface area contributed by atoms with Crippen LogP contribution in [-0.2, 0) is 14.6 Å². The molecule has 1 aliphatic rings. The van der Waals surface area contributed by atoms with Crippen molar-refractivity contribution < 1.29 is 17.6 Å². The van der Waals surface area contributed by atoms with Gasteiger partial charge in [-0.15, -0.1) is 0 Å². The number of nitrogens with zero attached hydrogens (tertiary/aromatic N) is 2. The molecule has 0 amide bonds. The molecule has 1 aromatic heterocycles. The highest BCUT2D eigenvalue weighted by Crippen LogP contribution is 2.32. The van der Waals surface area contributed by atoms with E-state index in [0.717, 1.165) is 29.7 Å². The number of aryl methyl sites for hydroxylation is 1. The van der Waals surface area contributed by atoms with Crippen LogP contribution in [0.3, 0.4) is 0 Å². The Bertz CT molecular complexity index is 1120. The third-order valence-corrected chi connectivity index (χ3v) is 7.30. The van der Waals surface area contributed by atoms with Gasteiger partial charge in [0.15, 0.2) is 0 Å². The first-order valence-corrected chi connectivity index (χ1v) is 12.3. The highest BCUT2D eigenvalue weighted by molar-refractivity contribution is 9.10. The predicted molar refractivity (Wildman–Crippen MR) is 122 cm³/mol. The second-order valence-electron chi connectivity index (χ2n) is 7.36. The van der Waals surface area contributed by atoms with E-state index in [1.54, 1.807) is 24.3 Å². The molecule has 1 saturated heterocycles. The second kappa shape index (κ2) is 9.52. The van der Waals surface area contributed by atoms with Crippen molar-refractivity contribution in [3.8, 4) is 11.5 Å². The number of nitrogens with one attached hydrogen (secondary N) is 1. The molecule has 9 heteroatoms. The van der Waals surface area contributed by atoms with Crippen LogP contribution in [0.5, 0.6) is 0 Å². The number of ether oxygens (including phenoxy) is 1. The van der Waals surface area contributed by atoms with E-state index in [1.165, 1.54) is 0 Å². The minimum Gasteiger partial charge on any atom is -0.419 e. The molecule has 2 heterocycles. The van der Waals surface area contributed by atoms with E-state index in [9.17, 15) is 8.42 Å². The van der Waals surface area contributed by atoms with Crippen LogP contribution in [0.1, 0.15) is 5.56 Å². The number of benzene rings is 2. The Hall–Kier alpha value is -2.20. The van der Waals surface area contributed by atoms with Crippen molar-refractivity contribution in [2.45, 2.75) is 16.8 Å². The second-order valence-corrected chi connectivity index (χ2v) is 10.1. The average molecular weight is 506 g/mol. The van der Waals surface area contributed by atoms with E-state index in [2.05, 4.69) is 31.1 Å². The van der Waals surface area contributed by atoms with Crippen molar-refractivity contribution in [2.75, 3.05) is 44.7 Å². The molecule has 31 heavy (non-hydrogen) atoms. The molecule has 0 unspecified atom stereocenters. The van der Waals surface area contributed by atoms with Crippen LogP contribution in [0.25, 0.3) is 11.5 Å². The Morgan fingerprint density at radius 1 is 1.06 bits per heavy atom. The largest absolute Gasteiger partial charge is 0.419 e. The van der Waals surface area contributed by atoms with Crippen LogP contribution in [-0.4, -0.2) is 57.7 Å². The van der Waals surface area contributed by atoms with Gasteiger partial charge < -0.3 is 14.5 Å². The lowest BCUT2D eigenvalue weighted by molar-refractivity contribution is 0.0398. The fourth-order valence-electron chi connectivity index (χ4n) is 3.30. The zero-order valence-corrected chi connectivity index (χ0v) is 19.6. The molecule has 0 bridgehead atoms. The van der Waals surface area contributed by atoms with Gasteiger partial charge in [-0.3, -0.25) is 4.90 Å². The molecule has 3 aromatic rings. The van der Waals surface area contributed by atoms with Crippen molar-refractivity contribution in [1.82, 2.24) is 9.88 Å². The number of rotatable bonds is 7. The zero-order valence-electron chi connectivity index (χ0n) is 17.2. The summed E-state index contributed by atoms with van der Waals surface area (Å²) in [5, 5.41) is 3.05. The van der Waals surface area contributed by atoms with E-state index in [4.69, 9.17) is 9.15 Å². The molecule has 0 radical (unpaired) electrons. The van der Waals surface area contributed by atoms with E-state index < -0.39 is 9.84 Å². The third-order valence-electron chi connectivity index (χ3n) is 5.09. The summed E-state index contributed by atoms with van der Waals surface area (Å²) in [5.41, 5.74) is 1.68. The Labute approximate surface area is 190 Å². The number of anilines is 1. The highest BCUT2D eigenvalue weighted by atomic mass is 79.9. The number of oxazole rings is 1. The lowest BCUT2D eigenvalue weighted by atomic mass is 10.2. The summed E-state index contributed by atoms with van der Waals surface area (Å²) in [6.07, 6.45) is 0. The lowest BCUT2D eigenvalue weighted by Gasteiger charge is -2.26. The smallest absolute Gasteiger partial charge is 0.233 e. The quantitative estimate of drug-likeness (QED) is 0.519. The monoisotopic (exact) mass is 505 g/mol. The molecule has 0 spiro atoms. The fraction of sp³-hybridized carbons (Fsp3) is 0.318. The van der Waals surface area contributed by atoms with Crippen LogP contribution in [0.2, 0.25) is 0 Å². The first kappa shape index (κ1) is 22.0. The maximum absolute atomic E-state index is 13.3. The van der Waals surface area contributed by atoms with Crippen LogP contribution < -0.4 is 5.32 Å². The number of sulfone groups is 1. The summed E-state index contributed by atoms with van der Waals surface area (Å²) in [5.74, 6) is 0.416. The standard InChI is InChI=1S/C22H24BrN3O4S/c1-16-2-8-19(9-3-16)31(27,28)22-21(24-10-11-26-12-14-29-15-13-26)30-20(25-22)17-4-6-18(23)7-5-17/h2-9,24H,10-15H2,1H3. The van der Waals surface area contributed by atoms with Gasteiger partial charge in [-0.25, -0.2) is 8.42 Å². The molecule has 1 N–H and O–H groups in total. The SMILES string of the molecule is Cc1ccc(S(=O)(=O)c2nc(-c3ccc(Br)cc3)oc2NCCN2CCOCC2)cc1. The number of hydrogen-bond acceptors (Lipinski definition) is 7. The molecular formula is C22H24BrN3O4S. The molecule has 2 aromatic carbocycles. The van der Waals surface area contributed by atoms with Crippen molar-refractivity contribution in [3.05, 3.63) is 58.6 Å². The van der Waals surface area contributed by atoms with Crippen molar-refractivity contribution in [1.29, 1.82) is 0 Å². The van der Waals surface area contributed by atoms with Gasteiger partial charge in [-0.2, -0.15) is 4.98 Å². The Morgan fingerprint density at radius 3 is 2.42 bits per heavy atom. The van der Waals surface area contributed by atoms with Gasteiger partial charge in [-0.05, 0) is 43.3 Å². The number of aromatic nitrogens is 1. The highest BCUT2D eigenvalue weighted by Gasteiger charge is 2.28.